The molecule has 5 nitrogen and oxygen atoms in total. The fourth-order valence-electron chi connectivity index (χ4n) is 2.22. The largest absolute Gasteiger partial charge is 0.491 e. The summed E-state index contributed by atoms with van der Waals surface area (Å²) in [6.07, 6.45) is 6.60. The summed E-state index contributed by atoms with van der Waals surface area (Å²) in [5.41, 5.74) is 1.90. The fourth-order valence-corrected chi connectivity index (χ4v) is 2.40. The molecule has 0 aliphatic heterocycles. The van der Waals surface area contributed by atoms with Gasteiger partial charge in [0.2, 0.25) is 0 Å². The maximum Gasteiger partial charge on any atom is 0.286 e. The number of benzene rings is 1. The molecule has 0 atom stereocenters. The number of hydrogen-bond donors (Lipinski definition) is 3. The Morgan fingerprint density at radius 3 is 2.96 bits per heavy atom. The number of halogens is 1. The molecule has 128 valence electrons. The molecule has 24 heavy (non-hydrogen) atoms. The van der Waals surface area contributed by atoms with Gasteiger partial charge in [0.25, 0.3) is 5.91 Å². The van der Waals surface area contributed by atoms with Crippen molar-refractivity contribution in [2.45, 2.75) is 12.8 Å². The molecule has 0 saturated heterocycles. The molecule has 2 aromatic rings. The highest BCUT2D eigenvalue weighted by Crippen LogP contribution is 2.20. The Morgan fingerprint density at radius 2 is 2.21 bits per heavy atom. The summed E-state index contributed by atoms with van der Waals surface area (Å²) in [6.45, 7) is 0.633. The Kier molecular flexibility index (Phi) is 6.90. The molecular formula is C18H21ClN2O3. The number of nitrogens with one attached hydrogen (secondary N) is 2. The third-order valence-electron chi connectivity index (χ3n) is 3.44. The lowest BCUT2D eigenvalue weighted by molar-refractivity contribution is -0.120. The first-order valence-electron chi connectivity index (χ1n) is 7.73. The Hall–Kier alpha value is -2.24. The smallest absolute Gasteiger partial charge is 0.286 e. The van der Waals surface area contributed by atoms with Crippen LogP contribution in [0, 0.1) is 0 Å². The molecule has 1 aromatic heterocycles. The van der Waals surface area contributed by atoms with E-state index in [1.54, 1.807) is 12.2 Å². The SMILES string of the molecule is COC(=CC=Cc1cc2cc(Cl)ccc2[nH]1)C(=O)NCCCCO. The number of H-pyrrole nitrogens is 1. The number of amides is 1. The number of fused-ring (bicyclic) bond motifs is 1. The number of unbranched alkanes of at least 4 members (excludes halogenated alkanes) is 1. The minimum atomic E-state index is -0.275. The summed E-state index contributed by atoms with van der Waals surface area (Å²) in [5.74, 6) is -0.0436. The van der Waals surface area contributed by atoms with Crippen LogP contribution >= 0.6 is 11.6 Å². The van der Waals surface area contributed by atoms with Crippen LogP contribution in [0.3, 0.4) is 0 Å². The number of carbonyl (C=O) groups is 1. The Balaban J connectivity index is 1.99. The van der Waals surface area contributed by atoms with Gasteiger partial charge < -0.3 is 20.1 Å². The third kappa shape index (κ3) is 5.15. The molecule has 0 spiro atoms. The van der Waals surface area contributed by atoms with E-state index in [1.165, 1.54) is 7.11 Å². The monoisotopic (exact) mass is 348 g/mol. The number of allylic oxidation sites excluding steroid dienone is 2. The average molecular weight is 349 g/mol. The van der Waals surface area contributed by atoms with Crippen LogP contribution in [0.15, 0.2) is 42.2 Å². The summed E-state index contributed by atoms with van der Waals surface area (Å²) in [6, 6.07) is 7.62. The van der Waals surface area contributed by atoms with Crippen molar-refractivity contribution < 1.29 is 14.6 Å². The second-order valence-corrected chi connectivity index (χ2v) is 5.67. The van der Waals surface area contributed by atoms with Crippen molar-refractivity contribution in [3.8, 4) is 0 Å². The molecule has 3 N–H and O–H groups in total. The van der Waals surface area contributed by atoms with Gasteiger partial charge in [-0.15, -0.1) is 0 Å². The number of aliphatic hydroxyl groups is 1. The van der Waals surface area contributed by atoms with E-state index in [0.717, 1.165) is 23.0 Å². The van der Waals surface area contributed by atoms with Crippen molar-refractivity contribution in [1.29, 1.82) is 0 Å². The van der Waals surface area contributed by atoms with E-state index in [4.69, 9.17) is 21.4 Å². The Labute approximate surface area is 146 Å². The van der Waals surface area contributed by atoms with Crippen LogP contribution in [0.5, 0.6) is 0 Å². The van der Waals surface area contributed by atoms with Gasteiger partial charge in [0, 0.05) is 34.8 Å². The van der Waals surface area contributed by atoms with Gasteiger partial charge in [-0.05, 0) is 49.3 Å². The summed E-state index contributed by atoms with van der Waals surface area (Å²) < 4.78 is 5.10. The number of methoxy groups -OCH3 is 1. The number of hydrogen-bond acceptors (Lipinski definition) is 3. The number of aromatic amines is 1. The molecule has 2 rings (SSSR count). The molecule has 0 bridgehead atoms. The maximum absolute atomic E-state index is 11.9. The predicted molar refractivity (Wildman–Crippen MR) is 96.8 cm³/mol. The Morgan fingerprint density at radius 1 is 1.38 bits per heavy atom. The zero-order chi connectivity index (χ0) is 17.4. The molecule has 1 aromatic carbocycles. The van der Waals surface area contributed by atoms with E-state index in [9.17, 15) is 4.79 Å². The first-order chi connectivity index (χ1) is 11.6. The summed E-state index contributed by atoms with van der Waals surface area (Å²) >= 11 is 5.97. The standard InChI is InChI=1S/C18H21ClN2O3/c1-24-17(18(23)20-9-2-3-10-22)6-4-5-15-12-13-11-14(19)7-8-16(13)21-15/h4-8,11-12,21-22H,2-3,9-10H2,1H3,(H,20,23). The van der Waals surface area contributed by atoms with Gasteiger partial charge in [-0.2, -0.15) is 0 Å². The molecule has 0 aliphatic rings. The zero-order valence-corrected chi connectivity index (χ0v) is 14.3. The van der Waals surface area contributed by atoms with Gasteiger partial charge in [0.15, 0.2) is 5.76 Å². The van der Waals surface area contributed by atoms with Crippen molar-refractivity contribution in [2.75, 3.05) is 20.3 Å². The Bertz CT molecular complexity index is 750. The highest BCUT2D eigenvalue weighted by atomic mass is 35.5. The fraction of sp³-hybridized carbons (Fsp3) is 0.278. The van der Waals surface area contributed by atoms with Crippen LogP contribution in [0.4, 0.5) is 0 Å². The minimum Gasteiger partial charge on any atom is -0.491 e. The third-order valence-corrected chi connectivity index (χ3v) is 3.68. The van der Waals surface area contributed by atoms with Crippen LogP contribution in [-0.4, -0.2) is 36.3 Å². The number of ether oxygens (including phenoxy) is 1. The van der Waals surface area contributed by atoms with E-state index >= 15 is 0 Å². The average Bonchev–Trinajstić information content (AvgIpc) is 2.97. The normalized spacial score (nSPS) is 12.0. The molecule has 1 heterocycles. The van der Waals surface area contributed by atoms with E-state index in [1.807, 2.05) is 30.3 Å². The molecule has 0 radical (unpaired) electrons. The van der Waals surface area contributed by atoms with E-state index < -0.39 is 0 Å². The maximum atomic E-state index is 11.9. The molecule has 0 unspecified atom stereocenters. The number of carbonyl (C=O) groups excluding carboxylic acids is 1. The van der Waals surface area contributed by atoms with Gasteiger partial charge in [0.05, 0.1) is 7.11 Å². The molecule has 1 amide bonds. The molecular weight excluding hydrogens is 328 g/mol. The highest BCUT2D eigenvalue weighted by molar-refractivity contribution is 6.31. The summed E-state index contributed by atoms with van der Waals surface area (Å²) in [7, 11) is 1.46. The first-order valence-corrected chi connectivity index (χ1v) is 8.11. The van der Waals surface area contributed by atoms with Crippen LogP contribution in [-0.2, 0) is 9.53 Å². The summed E-state index contributed by atoms with van der Waals surface area (Å²) in [4.78, 5) is 15.2. The second-order valence-electron chi connectivity index (χ2n) is 5.24. The van der Waals surface area contributed by atoms with Crippen LogP contribution in [0.1, 0.15) is 18.5 Å². The highest BCUT2D eigenvalue weighted by Gasteiger charge is 2.07. The molecule has 0 fully saturated rings. The minimum absolute atomic E-state index is 0.126. The van der Waals surface area contributed by atoms with Gasteiger partial charge in [-0.25, -0.2) is 0 Å². The topological polar surface area (TPSA) is 74.4 Å². The van der Waals surface area contributed by atoms with Crippen molar-refractivity contribution in [1.82, 2.24) is 10.3 Å². The molecule has 6 heteroatoms. The zero-order valence-electron chi connectivity index (χ0n) is 13.5. The number of rotatable bonds is 8. The van der Waals surface area contributed by atoms with Crippen LogP contribution in [0.25, 0.3) is 17.0 Å². The van der Waals surface area contributed by atoms with Crippen LogP contribution < -0.4 is 5.32 Å². The summed E-state index contributed by atoms with van der Waals surface area (Å²) in [5, 5.41) is 13.2. The van der Waals surface area contributed by atoms with Gasteiger partial charge in [-0.1, -0.05) is 17.7 Å². The van der Waals surface area contributed by atoms with Crippen molar-refractivity contribution >= 4 is 34.5 Å². The van der Waals surface area contributed by atoms with Gasteiger partial charge >= 0.3 is 0 Å². The van der Waals surface area contributed by atoms with Crippen molar-refractivity contribution in [3.63, 3.8) is 0 Å². The van der Waals surface area contributed by atoms with Crippen LogP contribution in [0.2, 0.25) is 5.02 Å². The van der Waals surface area contributed by atoms with Crippen molar-refractivity contribution in [3.05, 3.63) is 52.9 Å². The molecule has 0 aliphatic carbocycles. The van der Waals surface area contributed by atoms with E-state index in [0.29, 0.717) is 18.0 Å². The lowest BCUT2D eigenvalue weighted by Crippen LogP contribution is -2.26. The lowest BCUT2D eigenvalue weighted by Gasteiger charge is -2.06. The predicted octanol–water partition coefficient (Wildman–Crippen LogP) is 3.25. The van der Waals surface area contributed by atoms with E-state index in [-0.39, 0.29) is 18.3 Å². The number of aromatic nitrogens is 1. The number of aliphatic hydroxyl groups excluding tert-OH is 1. The van der Waals surface area contributed by atoms with Gasteiger partial charge in [-0.3, -0.25) is 4.79 Å². The van der Waals surface area contributed by atoms with E-state index in [2.05, 4.69) is 10.3 Å². The quantitative estimate of drug-likeness (QED) is 0.297. The van der Waals surface area contributed by atoms with Gasteiger partial charge in [0.1, 0.15) is 0 Å². The van der Waals surface area contributed by atoms with Crippen molar-refractivity contribution in [2.24, 2.45) is 0 Å². The second kappa shape index (κ2) is 9.15. The first kappa shape index (κ1) is 18.1. The molecule has 0 saturated carbocycles. The lowest BCUT2D eigenvalue weighted by atomic mass is 10.2.